The van der Waals surface area contributed by atoms with Crippen molar-refractivity contribution in [1.82, 2.24) is 9.88 Å². The van der Waals surface area contributed by atoms with Crippen molar-refractivity contribution in [3.8, 4) is 23.1 Å². The molecular weight excluding hydrogens is 408 g/mol. The SMILES string of the molecule is CO/N=C1/CC(CO)N(C(=O)c2ccc(-c3cccc(C#N)c3C)c(OCC3CC3)n2)C1. The van der Waals surface area contributed by atoms with Gasteiger partial charge in [0.2, 0.25) is 5.88 Å². The Labute approximate surface area is 187 Å². The first-order valence-corrected chi connectivity index (χ1v) is 10.7. The molecule has 1 aromatic heterocycles. The second-order valence-corrected chi connectivity index (χ2v) is 8.21. The number of aliphatic hydroxyl groups is 1. The van der Waals surface area contributed by atoms with E-state index in [-0.39, 0.29) is 30.8 Å². The number of nitrogens with zero attached hydrogens (tertiary/aromatic N) is 4. The molecule has 2 aliphatic rings. The largest absolute Gasteiger partial charge is 0.477 e. The summed E-state index contributed by atoms with van der Waals surface area (Å²) in [5, 5.41) is 23.1. The number of oxime groups is 1. The normalized spacial score (nSPS) is 19.1. The van der Waals surface area contributed by atoms with Crippen LogP contribution in [0, 0.1) is 24.2 Å². The van der Waals surface area contributed by atoms with E-state index < -0.39 is 0 Å². The molecule has 1 N–H and O–H groups in total. The standard InChI is InChI=1S/C24H26N4O4/c1-15-17(11-25)4-3-5-20(15)21-8-9-22(26-23(21)32-14-16-6-7-16)24(30)28-12-18(27-31-2)10-19(28)13-29/h3-5,8-9,16,19,29H,6-7,10,12-14H2,1-2H3/b27-18-. The van der Waals surface area contributed by atoms with Gasteiger partial charge in [0.15, 0.2) is 0 Å². The first kappa shape index (κ1) is 21.8. The Bertz CT molecular complexity index is 1090. The van der Waals surface area contributed by atoms with E-state index in [0.717, 1.165) is 29.5 Å². The Morgan fingerprint density at radius 2 is 2.12 bits per heavy atom. The molecule has 1 aliphatic carbocycles. The van der Waals surface area contributed by atoms with Gasteiger partial charge in [-0.05, 0) is 55.0 Å². The topological polar surface area (TPSA) is 108 Å². The monoisotopic (exact) mass is 434 g/mol. The third kappa shape index (κ3) is 4.43. The van der Waals surface area contributed by atoms with Crippen LogP contribution in [0.5, 0.6) is 5.88 Å². The number of aliphatic hydroxyl groups excluding tert-OH is 1. The molecule has 1 atom stereocenters. The van der Waals surface area contributed by atoms with E-state index in [4.69, 9.17) is 9.57 Å². The summed E-state index contributed by atoms with van der Waals surface area (Å²) in [6.07, 6.45) is 2.72. The molecule has 1 aromatic carbocycles. The molecule has 0 bridgehead atoms. The Morgan fingerprint density at radius 1 is 1.31 bits per heavy atom. The second kappa shape index (κ2) is 9.37. The van der Waals surface area contributed by atoms with E-state index in [2.05, 4.69) is 16.2 Å². The van der Waals surface area contributed by atoms with Crippen molar-refractivity contribution >= 4 is 11.6 Å². The number of benzene rings is 1. The lowest BCUT2D eigenvalue weighted by Crippen LogP contribution is -2.38. The van der Waals surface area contributed by atoms with Crippen molar-refractivity contribution in [1.29, 1.82) is 5.26 Å². The van der Waals surface area contributed by atoms with Crippen LogP contribution in [0.15, 0.2) is 35.5 Å². The molecule has 166 valence electrons. The van der Waals surface area contributed by atoms with Crippen LogP contribution in [0.3, 0.4) is 0 Å². The van der Waals surface area contributed by atoms with E-state index >= 15 is 0 Å². The van der Waals surface area contributed by atoms with Gasteiger partial charge in [-0.1, -0.05) is 17.3 Å². The summed E-state index contributed by atoms with van der Waals surface area (Å²) >= 11 is 0. The molecule has 1 unspecified atom stereocenters. The Hall–Kier alpha value is -3.44. The highest BCUT2D eigenvalue weighted by Gasteiger charge is 2.34. The molecule has 1 saturated heterocycles. The van der Waals surface area contributed by atoms with E-state index in [9.17, 15) is 15.2 Å². The summed E-state index contributed by atoms with van der Waals surface area (Å²) in [6.45, 7) is 2.55. The molecule has 2 aromatic rings. The van der Waals surface area contributed by atoms with Gasteiger partial charge in [0, 0.05) is 12.0 Å². The number of hydrogen-bond acceptors (Lipinski definition) is 7. The molecule has 4 rings (SSSR count). The smallest absolute Gasteiger partial charge is 0.273 e. The van der Waals surface area contributed by atoms with Gasteiger partial charge in [-0.2, -0.15) is 5.26 Å². The highest BCUT2D eigenvalue weighted by molar-refractivity contribution is 5.99. The van der Waals surface area contributed by atoms with Crippen LogP contribution < -0.4 is 4.74 Å². The molecule has 8 nitrogen and oxygen atoms in total. The number of carbonyl (C=O) groups is 1. The maximum Gasteiger partial charge on any atom is 0.273 e. The lowest BCUT2D eigenvalue weighted by molar-refractivity contribution is 0.0673. The lowest BCUT2D eigenvalue weighted by Gasteiger charge is -2.22. The Balaban J connectivity index is 1.69. The summed E-state index contributed by atoms with van der Waals surface area (Å²) in [5.74, 6) is 0.600. The highest BCUT2D eigenvalue weighted by atomic mass is 16.6. The number of carbonyl (C=O) groups excluding carboxylic acids is 1. The fourth-order valence-corrected chi connectivity index (χ4v) is 3.92. The maximum atomic E-state index is 13.2. The molecule has 1 aliphatic heterocycles. The van der Waals surface area contributed by atoms with Crippen LogP contribution in [0.2, 0.25) is 0 Å². The minimum Gasteiger partial charge on any atom is -0.477 e. The van der Waals surface area contributed by atoms with Crippen molar-refractivity contribution in [2.24, 2.45) is 11.1 Å². The van der Waals surface area contributed by atoms with Crippen LogP contribution >= 0.6 is 0 Å². The molecule has 2 heterocycles. The minimum absolute atomic E-state index is 0.169. The predicted molar refractivity (Wildman–Crippen MR) is 118 cm³/mol. The van der Waals surface area contributed by atoms with E-state index in [0.29, 0.717) is 36.1 Å². The quantitative estimate of drug-likeness (QED) is 0.672. The summed E-state index contributed by atoms with van der Waals surface area (Å²) in [5.41, 5.74) is 3.97. The molecule has 8 heteroatoms. The first-order chi connectivity index (χ1) is 15.5. The Morgan fingerprint density at radius 3 is 2.81 bits per heavy atom. The van der Waals surface area contributed by atoms with Crippen molar-refractivity contribution < 1.29 is 19.5 Å². The van der Waals surface area contributed by atoms with Crippen molar-refractivity contribution in [2.45, 2.75) is 32.2 Å². The summed E-state index contributed by atoms with van der Waals surface area (Å²) in [7, 11) is 1.46. The summed E-state index contributed by atoms with van der Waals surface area (Å²) < 4.78 is 6.05. The van der Waals surface area contributed by atoms with Crippen LogP contribution in [0.4, 0.5) is 0 Å². The van der Waals surface area contributed by atoms with Crippen LogP contribution in [0.25, 0.3) is 11.1 Å². The molecule has 0 spiro atoms. The van der Waals surface area contributed by atoms with Crippen molar-refractivity contribution in [2.75, 3.05) is 26.9 Å². The van der Waals surface area contributed by atoms with E-state index in [1.54, 1.807) is 17.0 Å². The minimum atomic E-state index is -0.372. The summed E-state index contributed by atoms with van der Waals surface area (Å²) in [6, 6.07) is 10.9. The number of pyridine rings is 1. The van der Waals surface area contributed by atoms with Gasteiger partial charge in [0.05, 0.1) is 43.1 Å². The maximum absolute atomic E-state index is 13.2. The van der Waals surface area contributed by atoms with Gasteiger partial charge >= 0.3 is 0 Å². The average Bonchev–Trinajstić information content (AvgIpc) is 3.55. The zero-order chi connectivity index (χ0) is 22.7. The van der Waals surface area contributed by atoms with Crippen LogP contribution in [-0.4, -0.2) is 59.5 Å². The van der Waals surface area contributed by atoms with Gasteiger partial charge in [-0.3, -0.25) is 4.79 Å². The van der Waals surface area contributed by atoms with Gasteiger partial charge < -0.3 is 19.6 Å². The fraction of sp³-hybridized carbons (Fsp3) is 0.417. The van der Waals surface area contributed by atoms with Crippen LogP contribution in [-0.2, 0) is 4.84 Å². The van der Waals surface area contributed by atoms with Gasteiger partial charge in [-0.15, -0.1) is 0 Å². The number of aromatic nitrogens is 1. The summed E-state index contributed by atoms with van der Waals surface area (Å²) in [4.78, 5) is 24.2. The molecule has 32 heavy (non-hydrogen) atoms. The Kier molecular flexibility index (Phi) is 6.37. The molecular formula is C24H26N4O4. The first-order valence-electron chi connectivity index (χ1n) is 10.7. The molecule has 0 radical (unpaired) electrons. The van der Waals surface area contributed by atoms with Gasteiger partial charge in [0.1, 0.15) is 12.8 Å². The predicted octanol–water partition coefficient (Wildman–Crippen LogP) is 2.93. The van der Waals surface area contributed by atoms with Crippen LogP contribution in [0.1, 0.15) is 40.9 Å². The number of nitriles is 1. The average molecular weight is 434 g/mol. The zero-order valence-corrected chi connectivity index (χ0v) is 18.2. The van der Waals surface area contributed by atoms with Gasteiger partial charge in [0.25, 0.3) is 5.91 Å². The number of amides is 1. The van der Waals surface area contributed by atoms with Crippen molar-refractivity contribution in [3.05, 3.63) is 47.2 Å². The number of likely N-dealkylation sites (tertiary alicyclic amines) is 1. The van der Waals surface area contributed by atoms with E-state index in [1.807, 2.05) is 25.1 Å². The third-order valence-corrected chi connectivity index (χ3v) is 5.93. The van der Waals surface area contributed by atoms with E-state index in [1.165, 1.54) is 7.11 Å². The number of rotatable bonds is 7. The van der Waals surface area contributed by atoms with Gasteiger partial charge in [-0.25, -0.2) is 4.98 Å². The zero-order valence-electron chi connectivity index (χ0n) is 18.2. The molecule has 2 fully saturated rings. The fourth-order valence-electron chi connectivity index (χ4n) is 3.92. The molecule has 1 saturated carbocycles. The molecule has 1 amide bonds. The second-order valence-electron chi connectivity index (χ2n) is 8.21. The van der Waals surface area contributed by atoms with Crippen molar-refractivity contribution in [3.63, 3.8) is 0 Å². The lowest BCUT2D eigenvalue weighted by atomic mass is 9.97. The number of ether oxygens (including phenoxy) is 1. The number of hydrogen-bond donors (Lipinski definition) is 1. The highest BCUT2D eigenvalue weighted by Crippen LogP contribution is 2.35. The third-order valence-electron chi connectivity index (χ3n) is 5.93.